The van der Waals surface area contributed by atoms with E-state index in [9.17, 15) is 9.59 Å². The maximum absolute atomic E-state index is 11.9. The van der Waals surface area contributed by atoms with E-state index in [-0.39, 0.29) is 0 Å². The van der Waals surface area contributed by atoms with Crippen molar-refractivity contribution in [2.45, 2.75) is 12.8 Å². The number of anilines is 1. The molecule has 0 amide bonds. The molecule has 1 aromatic rings. The smallest absolute Gasteiger partial charge is 0.339 e. The Labute approximate surface area is 112 Å². The maximum Gasteiger partial charge on any atom is 0.339 e. The Morgan fingerprint density at radius 3 is 1.89 bits per heavy atom. The molecule has 0 bridgehead atoms. The lowest BCUT2D eigenvalue weighted by Gasteiger charge is -2.22. The van der Waals surface area contributed by atoms with E-state index in [1.165, 1.54) is 14.2 Å². The number of methoxy groups -OCH3 is 2. The normalized spacial score (nSPS) is 14.3. The molecule has 0 radical (unpaired) electrons. The molecule has 19 heavy (non-hydrogen) atoms. The zero-order chi connectivity index (χ0) is 13.8. The molecule has 0 aromatic heterocycles. The molecule has 0 aliphatic carbocycles. The summed E-state index contributed by atoms with van der Waals surface area (Å²) in [6.45, 7) is 1.66. The molecule has 1 aliphatic heterocycles. The first kappa shape index (κ1) is 13.4. The summed E-state index contributed by atoms with van der Waals surface area (Å²) < 4.78 is 9.57. The third-order valence-corrected chi connectivity index (χ3v) is 3.27. The second-order valence-corrected chi connectivity index (χ2v) is 4.38. The van der Waals surface area contributed by atoms with Crippen LogP contribution in [0.4, 0.5) is 5.69 Å². The summed E-state index contributed by atoms with van der Waals surface area (Å²) in [4.78, 5) is 25.7. The van der Waals surface area contributed by atoms with Crippen molar-refractivity contribution in [2.24, 2.45) is 0 Å². The number of rotatable bonds is 3. The SMILES string of the molecule is COC(=O)c1cccc(C(=O)OC)c1N1CCCC1. The highest BCUT2D eigenvalue weighted by atomic mass is 16.5. The van der Waals surface area contributed by atoms with Crippen molar-refractivity contribution in [3.05, 3.63) is 29.3 Å². The van der Waals surface area contributed by atoms with Crippen LogP contribution < -0.4 is 4.90 Å². The molecule has 5 heteroatoms. The Balaban J connectivity index is 2.54. The number of nitrogens with zero attached hydrogens (tertiary/aromatic N) is 1. The second-order valence-electron chi connectivity index (χ2n) is 4.38. The first-order chi connectivity index (χ1) is 9.19. The van der Waals surface area contributed by atoms with Gasteiger partial charge in [-0.1, -0.05) is 6.07 Å². The van der Waals surface area contributed by atoms with E-state index in [2.05, 4.69) is 0 Å². The Morgan fingerprint density at radius 1 is 1.00 bits per heavy atom. The Morgan fingerprint density at radius 2 is 1.47 bits per heavy atom. The van der Waals surface area contributed by atoms with Crippen LogP contribution in [-0.4, -0.2) is 39.2 Å². The largest absolute Gasteiger partial charge is 0.465 e. The third-order valence-electron chi connectivity index (χ3n) is 3.27. The molecule has 0 N–H and O–H groups in total. The molecule has 1 heterocycles. The predicted molar refractivity (Wildman–Crippen MR) is 70.6 cm³/mol. The van der Waals surface area contributed by atoms with Crippen LogP contribution in [-0.2, 0) is 9.47 Å². The van der Waals surface area contributed by atoms with Crippen LogP contribution in [0.5, 0.6) is 0 Å². The zero-order valence-electron chi connectivity index (χ0n) is 11.1. The molecular formula is C14H17NO4. The van der Waals surface area contributed by atoms with Gasteiger partial charge >= 0.3 is 11.9 Å². The van der Waals surface area contributed by atoms with Crippen LogP contribution in [0.1, 0.15) is 33.6 Å². The van der Waals surface area contributed by atoms with Gasteiger partial charge in [0.15, 0.2) is 0 Å². The number of ether oxygens (including phenoxy) is 2. The van der Waals surface area contributed by atoms with Crippen LogP contribution in [0.25, 0.3) is 0 Å². The quantitative estimate of drug-likeness (QED) is 0.779. The van der Waals surface area contributed by atoms with Gasteiger partial charge in [-0.3, -0.25) is 0 Å². The van der Waals surface area contributed by atoms with Gasteiger partial charge in [-0.25, -0.2) is 9.59 Å². The highest BCUT2D eigenvalue weighted by Crippen LogP contribution is 2.30. The molecule has 0 spiro atoms. The van der Waals surface area contributed by atoms with Crippen LogP contribution >= 0.6 is 0 Å². The fraction of sp³-hybridized carbons (Fsp3) is 0.429. The highest BCUT2D eigenvalue weighted by molar-refractivity contribution is 6.04. The number of carbonyl (C=O) groups is 2. The van der Waals surface area contributed by atoms with Gasteiger partial charge in [0, 0.05) is 13.1 Å². The summed E-state index contributed by atoms with van der Waals surface area (Å²) in [7, 11) is 2.67. The summed E-state index contributed by atoms with van der Waals surface area (Å²) in [6, 6.07) is 5.01. The lowest BCUT2D eigenvalue weighted by Crippen LogP contribution is -2.24. The topological polar surface area (TPSA) is 55.8 Å². The summed E-state index contributed by atoms with van der Waals surface area (Å²) in [6.07, 6.45) is 2.10. The standard InChI is InChI=1S/C14H17NO4/c1-18-13(16)10-6-5-7-11(14(17)19-2)12(10)15-8-3-4-9-15/h5-7H,3-4,8-9H2,1-2H3. The molecule has 5 nitrogen and oxygen atoms in total. The van der Waals surface area contributed by atoms with Crippen molar-refractivity contribution >= 4 is 17.6 Å². The second kappa shape index (κ2) is 5.73. The lowest BCUT2D eigenvalue weighted by molar-refractivity contribution is 0.0600. The van der Waals surface area contributed by atoms with E-state index in [1.54, 1.807) is 18.2 Å². The van der Waals surface area contributed by atoms with Gasteiger partial charge in [0.05, 0.1) is 31.0 Å². The molecule has 2 rings (SSSR count). The van der Waals surface area contributed by atoms with Gasteiger partial charge in [0.1, 0.15) is 0 Å². The number of hydrogen-bond donors (Lipinski definition) is 0. The van der Waals surface area contributed by atoms with Crippen LogP contribution in [0.3, 0.4) is 0 Å². The van der Waals surface area contributed by atoms with E-state index >= 15 is 0 Å². The summed E-state index contributed by atoms with van der Waals surface area (Å²) in [5, 5.41) is 0. The van der Waals surface area contributed by atoms with Crippen molar-refractivity contribution in [2.75, 3.05) is 32.2 Å². The summed E-state index contributed by atoms with van der Waals surface area (Å²) in [5.74, 6) is -0.875. The van der Waals surface area contributed by atoms with E-state index < -0.39 is 11.9 Å². The van der Waals surface area contributed by atoms with Gasteiger partial charge < -0.3 is 14.4 Å². The first-order valence-electron chi connectivity index (χ1n) is 6.23. The molecular weight excluding hydrogens is 246 g/mol. The molecule has 1 aromatic carbocycles. The summed E-state index contributed by atoms with van der Waals surface area (Å²) >= 11 is 0. The first-order valence-corrected chi connectivity index (χ1v) is 6.23. The van der Waals surface area contributed by atoms with E-state index in [0.717, 1.165) is 25.9 Å². The van der Waals surface area contributed by atoms with Crippen LogP contribution in [0, 0.1) is 0 Å². The monoisotopic (exact) mass is 263 g/mol. The Hall–Kier alpha value is -2.04. The van der Waals surface area contributed by atoms with E-state index in [0.29, 0.717) is 16.8 Å². The van der Waals surface area contributed by atoms with Gasteiger partial charge in [-0.15, -0.1) is 0 Å². The minimum atomic E-state index is -0.437. The molecule has 0 saturated carbocycles. The number of hydrogen-bond acceptors (Lipinski definition) is 5. The van der Waals surface area contributed by atoms with E-state index in [1.807, 2.05) is 4.90 Å². The number of para-hydroxylation sites is 1. The van der Waals surface area contributed by atoms with Gasteiger partial charge in [-0.05, 0) is 25.0 Å². The minimum absolute atomic E-state index is 0.410. The Kier molecular flexibility index (Phi) is 4.04. The molecule has 1 aliphatic rings. The number of carbonyl (C=O) groups excluding carboxylic acids is 2. The van der Waals surface area contributed by atoms with Crippen molar-refractivity contribution in [3.63, 3.8) is 0 Å². The third kappa shape index (κ3) is 2.54. The molecule has 1 saturated heterocycles. The fourth-order valence-electron chi connectivity index (χ4n) is 2.37. The number of esters is 2. The van der Waals surface area contributed by atoms with Gasteiger partial charge in [0.2, 0.25) is 0 Å². The van der Waals surface area contributed by atoms with E-state index in [4.69, 9.17) is 9.47 Å². The van der Waals surface area contributed by atoms with Crippen LogP contribution in [0.15, 0.2) is 18.2 Å². The Bertz CT molecular complexity index is 458. The van der Waals surface area contributed by atoms with Crippen molar-refractivity contribution in [1.29, 1.82) is 0 Å². The fourth-order valence-corrected chi connectivity index (χ4v) is 2.37. The van der Waals surface area contributed by atoms with Gasteiger partial charge in [0.25, 0.3) is 0 Å². The molecule has 1 fully saturated rings. The molecule has 102 valence electrons. The van der Waals surface area contributed by atoms with Crippen molar-refractivity contribution in [1.82, 2.24) is 0 Å². The zero-order valence-corrected chi connectivity index (χ0v) is 11.1. The average molecular weight is 263 g/mol. The molecule has 0 atom stereocenters. The summed E-state index contributed by atoms with van der Waals surface area (Å²) in [5.41, 5.74) is 1.44. The predicted octanol–water partition coefficient (Wildman–Crippen LogP) is 1.86. The minimum Gasteiger partial charge on any atom is -0.465 e. The van der Waals surface area contributed by atoms with Gasteiger partial charge in [-0.2, -0.15) is 0 Å². The maximum atomic E-state index is 11.9. The lowest BCUT2D eigenvalue weighted by atomic mass is 10.1. The average Bonchev–Trinajstić information content (AvgIpc) is 2.98. The molecule has 0 unspecified atom stereocenters. The van der Waals surface area contributed by atoms with Crippen molar-refractivity contribution < 1.29 is 19.1 Å². The highest BCUT2D eigenvalue weighted by Gasteiger charge is 2.26. The number of benzene rings is 1. The van der Waals surface area contributed by atoms with Crippen molar-refractivity contribution in [3.8, 4) is 0 Å². The van der Waals surface area contributed by atoms with Crippen LogP contribution in [0.2, 0.25) is 0 Å².